The summed E-state index contributed by atoms with van der Waals surface area (Å²) in [7, 11) is -0.695. The Morgan fingerprint density at radius 1 is 1.43 bits per heavy atom. The average molecular weight is 219 g/mol. The Labute approximate surface area is 88.8 Å². The second kappa shape index (κ2) is 6.53. The number of nitrogens with two attached hydrogens (primary N) is 1. The van der Waals surface area contributed by atoms with Crippen LogP contribution in [-0.4, -0.2) is 34.5 Å². The fraction of sp³-hybridized carbons (Fsp3) is 1.00. The van der Waals surface area contributed by atoms with E-state index in [-0.39, 0.29) is 11.4 Å². The van der Waals surface area contributed by atoms with Crippen molar-refractivity contribution in [2.45, 2.75) is 44.0 Å². The lowest BCUT2D eigenvalue weighted by Gasteiger charge is -2.13. The van der Waals surface area contributed by atoms with Crippen LogP contribution in [0.25, 0.3) is 0 Å². The van der Waals surface area contributed by atoms with Crippen molar-refractivity contribution in [1.29, 1.82) is 0 Å². The van der Waals surface area contributed by atoms with Crippen LogP contribution >= 0.6 is 0 Å². The molecule has 1 aliphatic heterocycles. The highest BCUT2D eigenvalue weighted by Crippen LogP contribution is 2.19. The molecule has 1 aliphatic rings. The summed E-state index contributed by atoms with van der Waals surface area (Å²) in [5.74, 6) is 0.818. The molecule has 4 heteroatoms. The molecule has 14 heavy (non-hydrogen) atoms. The first-order chi connectivity index (χ1) is 6.75. The molecule has 3 nitrogen and oxygen atoms in total. The van der Waals surface area contributed by atoms with E-state index in [1.165, 1.54) is 0 Å². The van der Waals surface area contributed by atoms with Gasteiger partial charge in [0.2, 0.25) is 0 Å². The van der Waals surface area contributed by atoms with Gasteiger partial charge in [0.05, 0.1) is 11.4 Å². The maximum Gasteiger partial charge on any atom is 0.0691 e. The number of unbranched alkanes of at least 4 members (excludes halogenated alkanes) is 2. The molecule has 84 valence electrons. The smallest absolute Gasteiger partial charge is 0.0691 e. The van der Waals surface area contributed by atoms with Gasteiger partial charge >= 0.3 is 0 Å². The van der Waals surface area contributed by atoms with E-state index in [9.17, 15) is 4.21 Å². The maximum absolute atomic E-state index is 11.8. The highest BCUT2D eigenvalue weighted by molar-refractivity contribution is 7.85. The first-order valence-corrected chi connectivity index (χ1v) is 6.82. The van der Waals surface area contributed by atoms with Crippen molar-refractivity contribution in [3.63, 3.8) is 0 Å². The third-order valence-electron chi connectivity index (χ3n) is 2.69. The summed E-state index contributed by atoms with van der Waals surface area (Å²) in [6.45, 7) is 3.55. The topological polar surface area (TPSA) is 52.3 Å². The lowest BCUT2D eigenvalue weighted by Crippen LogP contribution is -2.24. The van der Waals surface area contributed by atoms with Crippen LogP contribution in [0.3, 0.4) is 0 Å². The van der Waals surface area contributed by atoms with Crippen LogP contribution in [0.15, 0.2) is 0 Å². The largest absolute Gasteiger partial charge is 0.377 e. The third kappa shape index (κ3) is 3.67. The van der Waals surface area contributed by atoms with Crippen LogP contribution < -0.4 is 5.73 Å². The van der Waals surface area contributed by atoms with Gasteiger partial charge in [-0.3, -0.25) is 4.21 Å². The first kappa shape index (κ1) is 12.1. The maximum atomic E-state index is 11.8. The molecule has 0 saturated carbocycles. The monoisotopic (exact) mass is 219 g/mol. The molecule has 1 rings (SSSR count). The van der Waals surface area contributed by atoms with E-state index in [0.29, 0.717) is 0 Å². The number of ether oxygens (including phenoxy) is 1. The van der Waals surface area contributed by atoms with Crippen LogP contribution in [0.2, 0.25) is 0 Å². The molecule has 0 aromatic heterocycles. The van der Waals surface area contributed by atoms with Gasteiger partial charge in [0.25, 0.3) is 0 Å². The highest BCUT2D eigenvalue weighted by Gasteiger charge is 2.28. The Morgan fingerprint density at radius 2 is 2.21 bits per heavy atom. The van der Waals surface area contributed by atoms with E-state index in [1.54, 1.807) is 0 Å². The Hall–Kier alpha value is 0.0700. The van der Waals surface area contributed by atoms with Gasteiger partial charge in [0.1, 0.15) is 0 Å². The molecule has 0 aliphatic carbocycles. The average Bonchev–Trinajstić information content (AvgIpc) is 2.59. The highest BCUT2D eigenvalue weighted by atomic mass is 32.2. The normalized spacial score (nSPS) is 29.3. The zero-order valence-corrected chi connectivity index (χ0v) is 9.72. The minimum absolute atomic E-state index is 0.186. The predicted molar refractivity (Wildman–Crippen MR) is 59.7 cm³/mol. The van der Waals surface area contributed by atoms with Gasteiger partial charge < -0.3 is 10.5 Å². The molecule has 0 aromatic rings. The van der Waals surface area contributed by atoms with E-state index < -0.39 is 10.8 Å². The summed E-state index contributed by atoms with van der Waals surface area (Å²) >= 11 is 0. The number of hydrogen-bond acceptors (Lipinski definition) is 3. The van der Waals surface area contributed by atoms with Gasteiger partial charge in [0.15, 0.2) is 0 Å². The molecule has 3 atom stereocenters. The molecule has 0 amide bonds. The van der Waals surface area contributed by atoms with Crippen LogP contribution in [0, 0.1) is 0 Å². The van der Waals surface area contributed by atoms with E-state index in [1.807, 2.05) is 6.92 Å². The van der Waals surface area contributed by atoms with Gasteiger partial charge in [-0.1, -0.05) is 6.42 Å². The molecule has 0 aromatic carbocycles. The van der Waals surface area contributed by atoms with Crippen LogP contribution in [0.1, 0.15) is 32.6 Å². The fourth-order valence-corrected chi connectivity index (χ4v) is 3.43. The van der Waals surface area contributed by atoms with Crippen LogP contribution in [0.4, 0.5) is 0 Å². The lowest BCUT2D eigenvalue weighted by atomic mass is 10.2. The van der Waals surface area contributed by atoms with E-state index >= 15 is 0 Å². The lowest BCUT2D eigenvalue weighted by molar-refractivity contribution is 0.127. The molecule has 0 spiro atoms. The molecule has 3 unspecified atom stereocenters. The minimum atomic E-state index is -0.695. The Kier molecular flexibility index (Phi) is 5.67. The van der Waals surface area contributed by atoms with Gasteiger partial charge in [-0.2, -0.15) is 0 Å². The predicted octanol–water partition coefficient (Wildman–Crippen LogP) is 1.04. The summed E-state index contributed by atoms with van der Waals surface area (Å²) in [6, 6.07) is 0. The number of hydrogen-bond donors (Lipinski definition) is 1. The van der Waals surface area contributed by atoms with Crippen molar-refractivity contribution in [1.82, 2.24) is 0 Å². The molecule has 2 N–H and O–H groups in total. The zero-order valence-electron chi connectivity index (χ0n) is 8.91. The summed E-state index contributed by atoms with van der Waals surface area (Å²) in [6.07, 6.45) is 4.33. The second-order valence-corrected chi connectivity index (χ2v) is 5.61. The van der Waals surface area contributed by atoms with Gasteiger partial charge in [-0.25, -0.2) is 0 Å². The van der Waals surface area contributed by atoms with E-state index in [4.69, 9.17) is 10.5 Å². The van der Waals surface area contributed by atoms with Crippen LogP contribution in [0.5, 0.6) is 0 Å². The van der Waals surface area contributed by atoms with Crippen molar-refractivity contribution in [2.75, 3.05) is 18.9 Å². The molecular weight excluding hydrogens is 198 g/mol. The Bertz CT molecular complexity index is 187. The fourth-order valence-electron chi connectivity index (χ4n) is 1.77. The Balaban J connectivity index is 2.14. The van der Waals surface area contributed by atoms with Crippen molar-refractivity contribution in [3.8, 4) is 0 Å². The quantitative estimate of drug-likeness (QED) is 0.679. The minimum Gasteiger partial charge on any atom is -0.377 e. The molecule has 0 radical (unpaired) electrons. The standard InChI is InChI=1S/C10H21NO2S/c1-9-10(5-7-13-9)14(12)8-4-2-3-6-11/h9-10H,2-8,11H2,1H3. The van der Waals surface area contributed by atoms with Gasteiger partial charge in [-0.05, 0) is 32.7 Å². The summed E-state index contributed by atoms with van der Waals surface area (Å²) in [4.78, 5) is 0. The first-order valence-electron chi connectivity index (χ1n) is 5.44. The molecular formula is C10H21NO2S. The second-order valence-electron chi connectivity index (χ2n) is 3.84. The SMILES string of the molecule is CC1OCCC1S(=O)CCCCCN. The number of rotatable bonds is 6. The molecule has 1 saturated heterocycles. The zero-order chi connectivity index (χ0) is 10.4. The molecule has 1 heterocycles. The molecule has 1 fully saturated rings. The van der Waals surface area contributed by atoms with Gasteiger partial charge in [0, 0.05) is 23.2 Å². The van der Waals surface area contributed by atoms with Crippen molar-refractivity contribution in [3.05, 3.63) is 0 Å². The van der Waals surface area contributed by atoms with E-state index in [0.717, 1.165) is 44.6 Å². The van der Waals surface area contributed by atoms with Crippen LogP contribution in [-0.2, 0) is 15.5 Å². The summed E-state index contributed by atoms with van der Waals surface area (Å²) in [5, 5.41) is 0.271. The van der Waals surface area contributed by atoms with E-state index in [2.05, 4.69) is 0 Å². The summed E-state index contributed by atoms with van der Waals surface area (Å²) < 4.78 is 17.2. The van der Waals surface area contributed by atoms with Crippen molar-refractivity contribution >= 4 is 10.8 Å². The van der Waals surface area contributed by atoms with Crippen molar-refractivity contribution < 1.29 is 8.95 Å². The Morgan fingerprint density at radius 3 is 2.79 bits per heavy atom. The molecule has 0 bridgehead atoms. The van der Waals surface area contributed by atoms with Gasteiger partial charge in [-0.15, -0.1) is 0 Å². The van der Waals surface area contributed by atoms with Crippen molar-refractivity contribution in [2.24, 2.45) is 5.73 Å². The third-order valence-corrected chi connectivity index (χ3v) is 4.68. The summed E-state index contributed by atoms with van der Waals surface area (Å²) in [5.41, 5.74) is 5.39.